The van der Waals surface area contributed by atoms with Crippen LogP contribution in [0.25, 0.3) is 0 Å². The maximum atomic E-state index is 13.1. The number of carbonyl (C=O) groups excluding carboxylic acids is 1. The molecule has 3 rings (SSSR count). The van der Waals surface area contributed by atoms with Gasteiger partial charge in [0.25, 0.3) is 0 Å². The third-order valence-electron chi connectivity index (χ3n) is 5.38. The zero-order chi connectivity index (χ0) is 22.3. The van der Waals surface area contributed by atoms with Crippen molar-refractivity contribution in [2.75, 3.05) is 16.8 Å². The fourth-order valence-corrected chi connectivity index (χ4v) is 3.94. The first-order valence-corrected chi connectivity index (χ1v) is 10.2. The molecule has 1 heterocycles. The Morgan fingerprint density at radius 2 is 1.67 bits per heavy atom. The van der Waals surface area contributed by atoms with Crippen LogP contribution < -0.4 is 10.2 Å². The summed E-state index contributed by atoms with van der Waals surface area (Å²) in [6.45, 7) is 11.1. The highest BCUT2D eigenvalue weighted by Crippen LogP contribution is 2.34. The van der Waals surface area contributed by atoms with E-state index in [0.717, 1.165) is 40.7 Å². The number of rotatable bonds is 3. The third kappa shape index (κ3) is 5.15. The monoisotopic (exact) mass is 418 g/mol. The smallest absolute Gasteiger partial charge is 0.367 e. The highest BCUT2D eigenvalue weighted by molar-refractivity contribution is 5.93. The fourth-order valence-electron chi connectivity index (χ4n) is 3.94. The molecule has 0 saturated carbocycles. The van der Waals surface area contributed by atoms with Crippen LogP contribution >= 0.6 is 0 Å². The van der Waals surface area contributed by atoms with Crippen LogP contribution in [-0.2, 0) is 23.9 Å². The number of nitrogens with one attached hydrogen (secondary N) is 1. The summed E-state index contributed by atoms with van der Waals surface area (Å²) in [4.78, 5) is 14.5. The van der Waals surface area contributed by atoms with E-state index in [1.165, 1.54) is 6.07 Å². The van der Waals surface area contributed by atoms with E-state index in [4.69, 9.17) is 0 Å². The van der Waals surface area contributed by atoms with Crippen LogP contribution in [0.3, 0.4) is 0 Å². The number of aryl methyl sites for hydroxylation is 2. The van der Waals surface area contributed by atoms with Crippen LogP contribution in [0.2, 0.25) is 0 Å². The third-order valence-corrected chi connectivity index (χ3v) is 5.38. The van der Waals surface area contributed by atoms with Gasteiger partial charge in [-0.25, -0.2) is 0 Å². The summed E-state index contributed by atoms with van der Waals surface area (Å²) in [6, 6.07) is 8.02. The topological polar surface area (TPSA) is 32.3 Å². The van der Waals surface area contributed by atoms with Crippen molar-refractivity contribution in [3.05, 3.63) is 58.1 Å². The van der Waals surface area contributed by atoms with E-state index in [2.05, 4.69) is 10.2 Å². The molecule has 0 aliphatic carbocycles. The Morgan fingerprint density at radius 1 is 1.03 bits per heavy atom. The quantitative estimate of drug-likeness (QED) is 0.638. The molecule has 6 heteroatoms. The fraction of sp³-hybridized carbons (Fsp3) is 0.458. The van der Waals surface area contributed by atoms with E-state index in [0.29, 0.717) is 24.9 Å². The van der Waals surface area contributed by atoms with Crippen molar-refractivity contribution in [1.29, 1.82) is 0 Å². The van der Waals surface area contributed by atoms with Gasteiger partial charge < -0.3 is 10.2 Å². The predicted molar refractivity (Wildman–Crippen MR) is 115 cm³/mol. The largest absolute Gasteiger partial charge is 0.416 e. The maximum Gasteiger partial charge on any atom is 0.416 e. The second kappa shape index (κ2) is 7.97. The number of anilines is 2. The summed E-state index contributed by atoms with van der Waals surface area (Å²) in [6.07, 6.45) is -3.20. The number of nitrogens with zero attached hydrogens (tertiary/aromatic N) is 1. The molecule has 0 bridgehead atoms. The van der Waals surface area contributed by atoms with E-state index in [1.54, 1.807) is 6.07 Å². The van der Waals surface area contributed by atoms with Crippen molar-refractivity contribution >= 4 is 17.3 Å². The number of fused-ring (bicyclic) bond motifs is 1. The van der Waals surface area contributed by atoms with Crippen LogP contribution in [0.15, 0.2) is 30.3 Å². The average molecular weight is 419 g/mol. The van der Waals surface area contributed by atoms with Crippen LogP contribution in [0.4, 0.5) is 24.5 Å². The van der Waals surface area contributed by atoms with Crippen LogP contribution in [0.1, 0.15) is 55.0 Å². The van der Waals surface area contributed by atoms with Crippen LogP contribution in [0, 0.1) is 19.3 Å². The van der Waals surface area contributed by atoms with E-state index in [-0.39, 0.29) is 11.3 Å². The number of hydrogen-bond donors (Lipinski definition) is 1. The number of benzene rings is 2. The zero-order valence-electron chi connectivity index (χ0n) is 18.2. The van der Waals surface area contributed by atoms with E-state index >= 15 is 0 Å². The SMILES string of the molecule is Cc1cc(N2CCc3ccc(C(F)(F)F)cc3C2)cc(C)c1NC(=O)CC(C)(C)C. The standard InChI is InChI=1S/C24H29F3N2O/c1-15-10-20(11-16(2)22(15)28-21(30)13-23(3,4)5)29-9-8-17-6-7-19(24(25,26)27)12-18(17)14-29/h6-7,10-12H,8-9,13-14H2,1-5H3,(H,28,30). The van der Waals surface area contributed by atoms with Crippen molar-refractivity contribution in [2.45, 2.75) is 60.2 Å². The molecule has 0 saturated heterocycles. The van der Waals surface area contributed by atoms with Crippen molar-refractivity contribution in [3.8, 4) is 0 Å². The summed E-state index contributed by atoms with van der Waals surface area (Å²) in [7, 11) is 0. The van der Waals surface area contributed by atoms with Gasteiger partial charge in [-0.2, -0.15) is 13.2 Å². The number of carbonyl (C=O) groups is 1. The molecule has 2 aromatic rings. The summed E-state index contributed by atoms with van der Waals surface area (Å²) in [5.74, 6) is -0.0203. The number of amides is 1. The number of alkyl halides is 3. The van der Waals surface area contributed by atoms with Gasteiger partial charge in [0, 0.05) is 30.9 Å². The Labute approximate surface area is 176 Å². The van der Waals surface area contributed by atoms with Gasteiger partial charge >= 0.3 is 6.18 Å². The molecular weight excluding hydrogens is 389 g/mol. The Bertz CT molecular complexity index is 935. The van der Waals surface area contributed by atoms with E-state index in [9.17, 15) is 18.0 Å². The molecule has 0 atom stereocenters. The zero-order valence-corrected chi connectivity index (χ0v) is 18.2. The Kier molecular flexibility index (Phi) is 5.89. The van der Waals surface area contributed by atoms with Crippen molar-refractivity contribution in [1.82, 2.24) is 0 Å². The summed E-state index contributed by atoms with van der Waals surface area (Å²) >= 11 is 0. The molecule has 1 amide bonds. The normalized spacial score (nSPS) is 14.5. The molecule has 1 aliphatic rings. The van der Waals surface area contributed by atoms with Crippen molar-refractivity contribution in [2.24, 2.45) is 5.41 Å². The van der Waals surface area contributed by atoms with E-state index in [1.807, 2.05) is 46.8 Å². The van der Waals surface area contributed by atoms with Crippen molar-refractivity contribution < 1.29 is 18.0 Å². The molecule has 1 aliphatic heterocycles. The second-order valence-corrected chi connectivity index (χ2v) is 9.39. The highest BCUT2D eigenvalue weighted by atomic mass is 19.4. The molecule has 0 unspecified atom stereocenters. The minimum Gasteiger partial charge on any atom is -0.367 e. The number of hydrogen-bond acceptors (Lipinski definition) is 2. The van der Waals surface area contributed by atoms with Gasteiger partial charge in [-0.1, -0.05) is 26.8 Å². The molecule has 30 heavy (non-hydrogen) atoms. The second-order valence-electron chi connectivity index (χ2n) is 9.39. The Hall–Kier alpha value is -2.50. The van der Waals surface area contributed by atoms with Gasteiger partial charge in [0.05, 0.1) is 5.56 Å². The minimum absolute atomic E-state index is 0.0203. The molecule has 3 nitrogen and oxygen atoms in total. The Balaban J connectivity index is 1.82. The first-order chi connectivity index (χ1) is 13.8. The first kappa shape index (κ1) is 22.2. The predicted octanol–water partition coefficient (Wildman–Crippen LogP) is 6.26. The highest BCUT2D eigenvalue weighted by Gasteiger charge is 2.31. The molecule has 0 radical (unpaired) electrons. The molecular formula is C24H29F3N2O. The summed E-state index contributed by atoms with van der Waals surface area (Å²) in [5, 5.41) is 3.02. The van der Waals surface area contributed by atoms with Gasteiger partial charge in [0.1, 0.15) is 0 Å². The molecule has 2 aromatic carbocycles. The molecule has 0 fully saturated rings. The van der Waals surface area contributed by atoms with E-state index < -0.39 is 11.7 Å². The molecule has 0 spiro atoms. The lowest BCUT2D eigenvalue weighted by molar-refractivity contribution is -0.137. The van der Waals surface area contributed by atoms with Gasteiger partial charge in [-0.05, 0) is 72.2 Å². The minimum atomic E-state index is -4.34. The van der Waals surface area contributed by atoms with Crippen molar-refractivity contribution in [3.63, 3.8) is 0 Å². The van der Waals surface area contributed by atoms with Gasteiger partial charge in [0.2, 0.25) is 5.91 Å². The lowest BCUT2D eigenvalue weighted by atomic mass is 9.92. The Morgan fingerprint density at radius 3 is 2.23 bits per heavy atom. The average Bonchev–Trinajstić information content (AvgIpc) is 2.61. The van der Waals surface area contributed by atoms with Gasteiger partial charge in [-0.15, -0.1) is 0 Å². The lowest BCUT2D eigenvalue weighted by Crippen LogP contribution is -2.31. The molecule has 1 N–H and O–H groups in total. The van der Waals surface area contributed by atoms with Crippen LogP contribution in [-0.4, -0.2) is 12.5 Å². The van der Waals surface area contributed by atoms with Crippen LogP contribution in [0.5, 0.6) is 0 Å². The maximum absolute atomic E-state index is 13.1. The number of halogens is 3. The summed E-state index contributed by atoms with van der Waals surface area (Å²) < 4.78 is 39.3. The van der Waals surface area contributed by atoms with Gasteiger partial charge in [0.15, 0.2) is 0 Å². The lowest BCUT2D eigenvalue weighted by Gasteiger charge is -2.32. The van der Waals surface area contributed by atoms with Gasteiger partial charge in [-0.3, -0.25) is 4.79 Å². The molecule has 162 valence electrons. The molecule has 0 aromatic heterocycles. The summed E-state index contributed by atoms with van der Waals surface area (Å²) in [5.41, 5.74) is 4.65. The first-order valence-electron chi connectivity index (χ1n) is 10.2.